The number of rotatable bonds is 4. The van der Waals surface area contributed by atoms with Crippen LogP contribution < -0.4 is 0 Å². The van der Waals surface area contributed by atoms with E-state index >= 15 is 0 Å². The second-order valence-corrected chi connectivity index (χ2v) is 7.93. The highest BCUT2D eigenvalue weighted by atomic mass is 16.5. The quantitative estimate of drug-likeness (QED) is 0.788. The number of nitrogens with zero attached hydrogens (tertiary/aromatic N) is 2. The Labute approximate surface area is 125 Å². The standard InChI is InChI=1S/C17H34N2O/c1-14(2)18-9-8-16(12-18)20-13-15-6-10-19(11-7-15)17(3,4)5/h14-16H,6-13H2,1-5H3. The Balaban J connectivity index is 1.65. The van der Waals surface area contributed by atoms with Crippen molar-refractivity contribution in [1.82, 2.24) is 9.80 Å². The van der Waals surface area contributed by atoms with Gasteiger partial charge in [0.1, 0.15) is 0 Å². The summed E-state index contributed by atoms with van der Waals surface area (Å²) in [4.78, 5) is 5.15. The first-order chi connectivity index (χ1) is 9.36. The topological polar surface area (TPSA) is 15.7 Å². The molecule has 0 bridgehead atoms. The summed E-state index contributed by atoms with van der Waals surface area (Å²) < 4.78 is 6.18. The van der Waals surface area contributed by atoms with Crippen LogP contribution in [0.15, 0.2) is 0 Å². The third-order valence-corrected chi connectivity index (χ3v) is 5.04. The lowest BCUT2D eigenvalue weighted by atomic mass is 9.93. The number of likely N-dealkylation sites (tertiary alicyclic amines) is 2. The van der Waals surface area contributed by atoms with E-state index in [9.17, 15) is 0 Å². The lowest BCUT2D eigenvalue weighted by Gasteiger charge is -2.41. The van der Waals surface area contributed by atoms with E-state index in [1.165, 1.54) is 38.9 Å². The second kappa shape index (κ2) is 6.76. The van der Waals surface area contributed by atoms with Gasteiger partial charge in [-0.2, -0.15) is 0 Å². The molecule has 0 amide bonds. The molecule has 3 heteroatoms. The Kier molecular flexibility index (Phi) is 5.49. The molecule has 2 aliphatic heterocycles. The van der Waals surface area contributed by atoms with Gasteiger partial charge in [0.05, 0.1) is 6.10 Å². The van der Waals surface area contributed by atoms with E-state index in [0.29, 0.717) is 17.7 Å². The molecule has 0 aromatic heterocycles. The van der Waals surface area contributed by atoms with Crippen molar-refractivity contribution in [2.45, 2.75) is 71.6 Å². The Bertz CT molecular complexity index is 290. The van der Waals surface area contributed by atoms with Crippen molar-refractivity contribution < 1.29 is 4.74 Å². The summed E-state index contributed by atoms with van der Waals surface area (Å²) in [6.45, 7) is 17.3. The van der Waals surface area contributed by atoms with Gasteiger partial charge >= 0.3 is 0 Å². The van der Waals surface area contributed by atoms with Crippen molar-refractivity contribution >= 4 is 0 Å². The zero-order valence-electron chi connectivity index (χ0n) is 14.2. The fraction of sp³-hybridized carbons (Fsp3) is 1.00. The summed E-state index contributed by atoms with van der Waals surface area (Å²) >= 11 is 0. The van der Waals surface area contributed by atoms with Crippen LogP contribution in [0.3, 0.4) is 0 Å². The second-order valence-electron chi connectivity index (χ2n) is 7.93. The van der Waals surface area contributed by atoms with Crippen molar-refractivity contribution in [3.05, 3.63) is 0 Å². The monoisotopic (exact) mass is 282 g/mol. The Morgan fingerprint density at radius 1 is 1.05 bits per heavy atom. The Hall–Kier alpha value is -0.120. The highest BCUT2D eigenvalue weighted by molar-refractivity contribution is 4.83. The largest absolute Gasteiger partial charge is 0.377 e. The van der Waals surface area contributed by atoms with Crippen molar-refractivity contribution in [3.8, 4) is 0 Å². The van der Waals surface area contributed by atoms with Crippen LogP contribution in [0.2, 0.25) is 0 Å². The summed E-state index contributed by atoms with van der Waals surface area (Å²) in [5, 5.41) is 0. The van der Waals surface area contributed by atoms with Crippen molar-refractivity contribution in [1.29, 1.82) is 0 Å². The molecular weight excluding hydrogens is 248 g/mol. The number of hydrogen-bond acceptors (Lipinski definition) is 3. The molecule has 2 saturated heterocycles. The van der Waals surface area contributed by atoms with Crippen LogP contribution in [0.1, 0.15) is 53.9 Å². The summed E-state index contributed by atoms with van der Waals surface area (Å²) in [6.07, 6.45) is 4.31. The Morgan fingerprint density at radius 3 is 2.20 bits per heavy atom. The van der Waals surface area contributed by atoms with Gasteiger partial charge in [-0.3, -0.25) is 9.80 Å². The SMILES string of the molecule is CC(C)N1CCC(OCC2CCN(C(C)(C)C)CC2)C1. The van der Waals surface area contributed by atoms with Gasteiger partial charge in [0.2, 0.25) is 0 Å². The third-order valence-electron chi connectivity index (χ3n) is 5.04. The average Bonchev–Trinajstić information content (AvgIpc) is 2.85. The summed E-state index contributed by atoms with van der Waals surface area (Å²) in [7, 11) is 0. The van der Waals surface area contributed by atoms with Crippen LogP contribution in [0.25, 0.3) is 0 Å². The molecule has 0 radical (unpaired) electrons. The lowest BCUT2D eigenvalue weighted by molar-refractivity contribution is 0.00433. The molecule has 2 heterocycles. The van der Waals surface area contributed by atoms with Gasteiger partial charge in [-0.05, 0) is 72.9 Å². The predicted molar refractivity (Wildman–Crippen MR) is 85.1 cm³/mol. The molecule has 0 saturated carbocycles. The lowest BCUT2D eigenvalue weighted by Crippen LogP contribution is -2.46. The molecule has 20 heavy (non-hydrogen) atoms. The number of ether oxygens (including phenoxy) is 1. The van der Waals surface area contributed by atoms with Gasteiger partial charge in [-0.25, -0.2) is 0 Å². The molecule has 0 N–H and O–H groups in total. The van der Waals surface area contributed by atoms with Crippen molar-refractivity contribution in [3.63, 3.8) is 0 Å². The van der Waals surface area contributed by atoms with Gasteiger partial charge in [0.25, 0.3) is 0 Å². The highest BCUT2D eigenvalue weighted by Crippen LogP contribution is 2.25. The molecule has 0 spiro atoms. The molecule has 2 aliphatic rings. The van der Waals surface area contributed by atoms with Crippen LogP contribution >= 0.6 is 0 Å². The summed E-state index contributed by atoms with van der Waals surface area (Å²) in [5.74, 6) is 0.779. The average molecular weight is 282 g/mol. The van der Waals surface area contributed by atoms with Crippen molar-refractivity contribution in [2.24, 2.45) is 5.92 Å². The molecule has 0 aromatic rings. The van der Waals surface area contributed by atoms with Gasteiger partial charge in [0, 0.05) is 31.3 Å². The molecule has 0 aromatic carbocycles. The normalized spacial score (nSPS) is 27.6. The smallest absolute Gasteiger partial charge is 0.0714 e. The fourth-order valence-corrected chi connectivity index (χ4v) is 3.40. The maximum atomic E-state index is 6.18. The first-order valence-corrected chi connectivity index (χ1v) is 8.47. The van der Waals surface area contributed by atoms with E-state index in [0.717, 1.165) is 19.1 Å². The van der Waals surface area contributed by atoms with E-state index in [1.54, 1.807) is 0 Å². The summed E-state index contributed by atoms with van der Waals surface area (Å²) in [6, 6.07) is 0.665. The van der Waals surface area contributed by atoms with E-state index in [2.05, 4.69) is 44.4 Å². The third kappa shape index (κ3) is 4.44. The summed E-state index contributed by atoms with van der Waals surface area (Å²) in [5.41, 5.74) is 0.328. The Morgan fingerprint density at radius 2 is 1.70 bits per heavy atom. The highest BCUT2D eigenvalue weighted by Gasteiger charge is 2.29. The zero-order chi connectivity index (χ0) is 14.8. The maximum Gasteiger partial charge on any atom is 0.0714 e. The molecule has 118 valence electrons. The zero-order valence-corrected chi connectivity index (χ0v) is 14.2. The number of hydrogen-bond donors (Lipinski definition) is 0. The van der Waals surface area contributed by atoms with Gasteiger partial charge in [-0.15, -0.1) is 0 Å². The molecule has 0 aliphatic carbocycles. The van der Waals surface area contributed by atoms with Gasteiger partial charge in [-0.1, -0.05) is 0 Å². The van der Waals surface area contributed by atoms with E-state index < -0.39 is 0 Å². The van der Waals surface area contributed by atoms with E-state index in [1.807, 2.05) is 0 Å². The minimum atomic E-state index is 0.328. The van der Waals surface area contributed by atoms with E-state index in [4.69, 9.17) is 4.74 Å². The molecular formula is C17H34N2O. The van der Waals surface area contributed by atoms with Crippen LogP contribution in [0.4, 0.5) is 0 Å². The minimum absolute atomic E-state index is 0.328. The first kappa shape index (κ1) is 16.3. The van der Waals surface area contributed by atoms with Crippen LogP contribution in [-0.4, -0.2) is 60.3 Å². The molecule has 1 atom stereocenters. The molecule has 2 fully saturated rings. The minimum Gasteiger partial charge on any atom is -0.377 e. The first-order valence-electron chi connectivity index (χ1n) is 8.47. The van der Waals surface area contributed by atoms with Gasteiger partial charge in [0.15, 0.2) is 0 Å². The molecule has 3 nitrogen and oxygen atoms in total. The van der Waals surface area contributed by atoms with Crippen LogP contribution in [0.5, 0.6) is 0 Å². The van der Waals surface area contributed by atoms with Crippen LogP contribution in [0, 0.1) is 5.92 Å². The van der Waals surface area contributed by atoms with E-state index in [-0.39, 0.29) is 0 Å². The molecule has 2 rings (SSSR count). The fourth-order valence-electron chi connectivity index (χ4n) is 3.40. The number of piperidine rings is 1. The van der Waals surface area contributed by atoms with Crippen LogP contribution in [-0.2, 0) is 4.74 Å². The van der Waals surface area contributed by atoms with Gasteiger partial charge < -0.3 is 4.74 Å². The predicted octanol–water partition coefficient (Wildman–Crippen LogP) is 3.00. The van der Waals surface area contributed by atoms with Crippen molar-refractivity contribution in [2.75, 3.05) is 32.8 Å². The molecule has 1 unspecified atom stereocenters. The maximum absolute atomic E-state index is 6.18.